The van der Waals surface area contributed by atoms with E-state index in [4.69, 9.17) is 0 Å². The largest absolute Gasteiger partial charge is 0.290 e. The molecule has 0 aliphatic rings. The lowest BCUT2D eigenvalue weighted by atomic mass is 10.7. The molecule has 1 aromatic rings. The molecule has 0 aliphatic carbocycles. The van der Waals surface area contributed by atoms with E-state index < -0.39 is 0 Å². The molecular formula is C6H8N4. The van der Waals surface area contributed by atoms with E-state index in [-0.39, 0.29) is 0 Å². The van der Waals surface area contributed by atoms with E-state index in [1.54, 1.807) is 30.3 Å². The molecule has 0 saturated heterocycles. The predicted octanol–water partition coefficient (Wildman–Crippen LogP) is -0.0909. The van der Waals surface area contributed by atoms with Crippen LogP contribution < -0.4 is 5.49 Å². The highest BCUT2D eigenvalue weighted by molar-refractivity contribution is 5.13. The smallest absolute Gasteiger partial charge is 0.153 e. The highest BCUT2D eigenvalue weighted by Gasteiger charge is 1.83. The lowest BCUT2D eigenvalue weighted by Gasteiger charge is -1.94. The maximum absolute atomic E-state index is 3.93. The number of aromatic nitrogens is 3. The summed E-state index contributed by atoms with van der Waals surface area (Å²) in [6, 6.07) is 0. The van der Waals surface area contributed by atoms with Gasteiger partial charge in [0.1, 0.15) is 6.33 Å². The Morgan fingerprint density at radius 2 is 2.50 bits per heavy atom. The Morgan fingerprint density at radius 3 is 3.00 bits per heavy atom. The fourth-order valence-corrected chi connectivity index (χ4v) is 0.610. The second-order valence-corrected chi connectivity index (χ2v) is 1.65. The average Bonchev–Trinajstić information content (AvgIpc) is 2.04. The van der Waals surface area contributed by atoms with Gasteiger partial charge in [0.05, 0.1) is 6.20 Å². The van der Waals surface area contributed by atoms with E-state index in [1.165, 1.54) is 0 Å². The quantitative estimate of drug-likeness (QED) is 0.541. The second-order valence-electron chi connectivity index (χ2n) is 1.65. The third kappa shape index (κ3) is 1.10. The summed E-state index contributed by atoms with van der Waals surface area (Å²) in [7, 11) is 1.69. The first-order valence-corrected chi connectivity index (χ1v) is 2.82. The minimum Gasteiger partial charge on any atom is -0.290 e. The molecule has 0 aromatic carbocycles. The van der Waals surface area contributed by atoms with Gasteiger partial charge in [-0.2, -0.15) is 5.10 Å². The van der Waals surface area contributed by atoms with Crippen LogP contribution in [0.2, 0.25) is 0 Å². The van der Waals surface area contributed by atoms with Gasteiger partial charge in [0.15, 0.2) is 5.49 Å². The van der Waals surface area contributed by atoms with Gasteiger partial charge in [0, 0.05) is 13.2 Å². The molecule has 52 valence electrons. The molecule has 1 aromatic heterocycles. The standard InChI is InChI=1S/C6H8N4/c1-3-10-5-9-8-4-6(10)7-2/h3-5H,1H2,2H3. The van der Waals surface area contributed by atoms with E-state index in [9.17, 15) is 0 Å². The fourth-order valence-electron chi connectivity index (χ4n) is 0.610. The zero-order valence-electron chi connectivity index (χ0n) is 5.73. The van der Waals surface area contributed by atoms with Gasteiger partial charge in [-0.15, -0.1) is 5.10 Å². The Morgan fingerprint density at radius 1 is 1.70 bits per heavy atom. The van der Waals surface area contributed by atoms with Crippen molar-refractivity contribution in [2.24, 2.45) is 4.99 Å². The molecule has 1 rings (SSSR count). The van der Waals surface area contributed by atoms with Crippen molar-refractivity contribution >= 4 is 6.20 Å². The molecule has 10 heavy (non-hydrogen) atoms. The minimum atomic E-state index is 0.741. The normalized spacial score (nSPS) is 11.5. The van der Waals surface area contributed by atoms with Crippen molar-refractivity contribution < 1.29 is 0 Å². The van der Waals surface area contributed by atoms with Crippen LogP contribution in [0.4, 0.5) is 0 Å². The number of hydrogen-bond donors (Lipinski definition) is 0. The lowest BCUT2D eigenvalue weighted by Crippen LogP contribution is -2.16. The highest BCUT2D eigenvalue weighted by atomic mass is 15.2. The molecule has 0 amide bonds. The third-order valence-corrected chi connectivity index (χ3v) is 1.11. The van der Waals surface area contributed by atoms with Crippen molar-refractivity contribution in [2.45, 2.75) is 0 Å². The lowest BCUT2D eigenvalue weighted by molar-refractivity contribution is 0.853. The first-order valence-electron chi connectivity index (χ1n) is 2.82. The molecule has 0 saturated carbocycles. The van der Waals surface area contributed by atoms with Crippen LogP contribution in [0.3, 0.4) is 0 Å². The minimum absolute atomic E-state index is 0.741. The van der Waals surface area contributed by atoms with Crippen molar-refractivity contribution in [3.05, 3.63) is 24.6 Å². The van der Waals surface area contributed by atoms with Crippen LogP contribution in [0, 0.1) is 0 Å². The summed E-state index contributed by atoms with van der Waals surface area (Å²) in [5.74, 6) is 0. The van der Waals surface area contributed by atoms with Crippen LogP contribution in [-0.2, 0) is 0 Å². The Kier molecular flexibility index (Phi) is 1.94. The van der Waals surface area contributed by atoms with Gasteiger partial charge in [0.25, 0.3) is 0 Å². The zero-order valence-corrected chi connectivity index (χ0v) is 5.73. The SMILES string of the molecule is C=Cn1cnncc1=NC. The van der Waals surface area contributed by atoms with Gasteiger partial charge in [0.2, 0.25) is 0 Å². The zero-order chi connectivity index (χ0) is 7.40. The average molecular weight is 136 g/mol. The van der Waals surface area contributed by atoms with Crippen molar-refractivity contribution in [1.82, 2.24) is 14.8 Å². The number of hydrogen-bond acceptors (Lipinski definition) is 3. The molecule has 0 aliphatic heterocycles. The molecule has 0 atom stereocenters. The second kappa shape index (κ2) is 2.91. The number of rotatable bonds is 1. The molecule has 0 radical (unpaired) electrons. The Bertz CT molecular complexity index is 286. The van der Waals surface area contributed by atoms with E-state index in [0.29, 0.717) is 0 Å². The van der Waals surface area contributed by atoms with Crippen LogP contribution in [0.1, 0.15) is 0 Å². The van der Waals surface area contributed by atoms with Gasteiger partial charge in [-0.3, -0.25) is 9.56 Å². The molecule has 1 heterocycles. The van der Waals surface area contributed by atoms with Crippen LogP contribution in [-0.4, -0.2) is 21.8 Å². The van der Waals surface area contributed by atoms with Gasteiger partial charge in [-0.1, -0.05) is 6.58 Å². The molecular weight excluding hydrogens is 128 g/mol. The maximum Gasteiger partial charge on any atom is 0.153 e. The van der Waals surface area contributed by atoms with Crippen LogP contribution in [0.15, 0.2) is 24.1 Å². The van der Waals surface area contributed by atoms with Crippen LogP contribution >= 0.6 is 0 Å². The van der Waals surface area contributed by atoms with E-state index in [1.807, 2.05) is 0 Å². The van der Waals surface area contributed by atoms with Crippen LogP contribution in [0.25, 0.3) is 6.20 Å². The molecule has 0 fully saturated rings. The predicted molar refractivity (Wildman–Crippen MR) is 37.9 cm³/mol. The fraction of sp³-hybridized carbons (Fsp3) is 0.167. The van der Waals surface area contributed by atoms with Crippen molar-refractivity contribution in [3.8, 4) is 0 Å². The van der Waals surface area contributed by atoms with Gasteiger partial charge < -0.3 is 0 Å². The van der Waals surface area contributed by atoms with Gasteiger partial charge in [-0.25, -0.2) is 0 Å². The Hall–Kier alpha value is -1.45. The topological polar surface area (TPSA) is 43.1 Å². The summed E-state index contributed by atoms with van der Waals surface area (Å²) in [6.45, 7) is 3.57. The summed E-state index contributed by atoms with van der Waals surface area (Å²) in [5, 5.41) is 7.30. The van der Waals surface area contributed by atoms with E-state index >= 15 is 0 Å². The van der Waals surface area contributed by atoms with Crippen LogP contribution in [0.5, 0.6) is 0 Å². The molecule has 0 unspecified atom stereocenters. The van der Waals surface area contributed by atoms with Gasteiger partial charge >= 0.3 is 0 Å². The van der Waals surface area contributed by atoms with Crippen molar-refractivity contribution in [2.75, 3.05) is 7.05 Å². The first-order chi connectivity index (χ1) is 4.88. The first kappa shape index (κ1) is 6.67. The molecule has 0 bridgehead atoms. The summed E-state index contributed by atoms with van der Waals surface area (Å²) in [4.78, 5) is 3.93. The van der Waals surface area contributed by atoms with Crippen molar-refractivity contribution in [1.29, 1.82) is 0 Å². The molecule has 0 N–H and O–H groups in total. The maximum atomic E-state index is 3.93. The summed E-state index contributed by atoms with van der Waals surface area (Å²) < 4.78 is 1.69. The summed E-state index contributed by atoms with van der Waals surface area (Å²) in [5.41, 5.74) is 0.741. The Balaban J connectivity index is 3.36. The summed E-state index contributed by atoms with van der Waals surface area (Å²) >= 11 is 0. The summed E-state index contributed by atoms with van der Waals surface area (Å²) in [6.07, 6.45) is 4.74. The van der Waals surface area contributed by atoms with E-state index in [0.717, 1.165) is 5.49 Å². The number of nitrogens with zero attached hydrogens (tertiary/aromatic N) is 4. The highest BCUT2D eigenvalue weighted by Crippen LogP contribution is 1.71. The molecule has 0 spiro atoms. The van der Waals surface area contributed by atoms with E-state index in [2.05, 4.69) is 21.8 Å². The van der Waals surface area contributed by atoms with Crippen molar-refractivity contribution in [3.63, 3.8) is 0 Å². The molecule has 4 nitrogen and oxygen atoms in total. The third-order valence-electron chi connectivity index (χ3n) is 1.11. The van der Waals surface area contributed by atoms with Gasteiger partial charge in [-0.05, 0) is 0 Å². The molecule has 4 heteroatoms. The Labute approximate surface area is 58.6 Å². The monoisotopic (exact) mass is 136 g/mol.